The van der Waals surface area contributed by atoms with Crippen LogP contribution in [-0.4, -0.2) is 21.1 Å². The Morgan fingerprint density at radius 3 is 2.40 bits per heavy atom. The lowest BCUT2D eigenvalue weighted by Crippen LogP contribution is -2.26. The number of carbonyl (C=O) groups excluding carboxylic acids is 1. The van der Waals surface area contributed by atoms with E-state index in [0.717, 1.165) is 0 Å². The number of nitro groups is 1. The first-order valence-corrected chi connectivity index (χ1v) is 10.3. The van der Waals surface area contributed by atoms with Crippen LogP contribution in [0, 0.1) is 17.0 Å². The summed E-state index contributed by atoms with van der Waals surface area (Å²) in [6, 6.07) is 9.65. The largest absolute Gasteiger partial charge is 0.459 e. The van der Waals surface area contributed by atoms with E-state index >= 15 is 0 Å². The number of rotatable bonds is 5. The highest BCUT2D eigenvalue weighted by Crippen LogP contribution is 2.44. The van der Waals surface area contributed by atoms with Crippen molar-refractivity contribution in [2.24, 2.45) is 0 Å². The highest BCUT2D eigenvalue weighted by molar-refractivity contribution is 9.10. The molecule has 0 N–H and O–H groups in total. The van der Waals surface area contributed by atoms with Gasteiger partial charge in [-0.2, -0.15) is 0 Å². The second-order valence-electron chi connectivity index (χ2n) is 7.69. The lowest BCUT2D eigenvalue weighted by atomic mass is 10.2. The predicted molar refractivity (Wildman–Crippen MR) is 118 cm³/mol. The van der Waals surface area contributed by atoms with Gasteiger partial charge in [0.25, 0.3) is 5.69 Å². The van der Waals surface area contributed by atoms with Crippen LogP contribution in [0.15, 0.2) is 40.9 Å². The standard InChI is InChI=1S/C21H20BrClN2O5/c1-12-20(29-14-7-5-13(23)6-8-14)18-16(25(27)28)10-9-15(22)19(18)24(12)11-17(26)30-21(2,3)4/h5-10H,11H2,1-4H3. The molecular weight excluding hydrogens is 476 g/mol. The monoisotopic (exact) mass is 494 g/mol. The van der Waals surface area contributed by atoms with Gasteiger partial charge in [0, 0.05) is 15.6 Å². The molecule has 158 valence electrons. The second kappa shape index (κ2) is 8.28. The van der Waals surface area contributed by atoms with Gasteiger partial charge in [-0.15, -0.1) is 0 Å². The minimum Gasteiger partial charge on any atom is -0.459 e. The van der Waals surface area contributed by atoms with E-state index in [0.29, 0.717) is 37.6 Å². The molecule has 0 atom stereocenters. The van der Waals surface area contributed by atoms with Gasteiger partial charge in [0.2, 0.25) is 0 Å². The van der Waals surface area contributed by atoms with Gasteiger partial charge in [0.1, 0.15) is 23.3 Å². The maximum atomic E-state index is 12.5. The summed E-state index contributed by atoms with van der Waals surface area (Å²) >= 11 is 9.39. The Balaban J connectivity index is 2.20. The maximum Gasteiger partial charge on any atom is 0.326 e. The molecule has 0 aliphatic rings. The van der Waals surface area contributed by atoms with Crippen molar-refractivity contribution in [3.05, 3.63) is 61.7 Å². The molecule has 2 aromatic carbocycles. The Hall–Kier alpha value is -2.58. The summed E-state index contributed by atoms with van der Waals surface area (Å²) in [5, 5.41) is 12.6. The number of benzene rings is 2. The van der Waals surface area contributed by atoms with Gasteiger partial charge in [0.15, 0.2) is 5.75 Å². The van der Waals surface area contributed by atoms with Crippen LogP contribution in [0.2, 0.25) is 5.02 Å². The topological polar surface area (TPSA) is 83.6 Å². The van der Waals surface area contributed by atoms with E-state index in [9.17, 15) is 14.9 Å². The average molecular weight is 496 g/mol. The number of hydrogen-bond acceptors (Lipinski definition) is 5. The zero-order valence-corrected chi connectivity index (χ0v) is 19.2. The van der Waals surface area contributed by atoms with Crippen molar-refractivity contribution in [3.63, 3.8) is 0 Å². The number of carbonyl (C=O) groups is 1. The SMILES string of the molecule is Cc1c(Oc2ccc(Cl)cc2)c2c([N+](=O)[O-])ccc(Br)c2n1CC(=O)OC(C)(C)C. The number of aromatic nitrogens is 1. The van der Waals surface area contributed by atoms with Crippen molar-refractivity contribution in [2.75, 3.05) is 0 Å². The fraction of sp³-hybridized carbons (Fsp3) is 0.286. The molecular formula is C21H20BrClN2O5. The molecule has 0 fully saturated rings. The summed E-state index contributed by atoms with van der Waals surface area (Å²) < 4.78 is 13.7. The van der Waals surface area contributed by atoms with Gasteiger partial charge in [-0.1, -0.05) is 11.6 Å². The third-order valence-corrected chi connectivity index (χ3v) is 5.17. The zero-order chi connectivity index (χ0) is 22.2. The van der Waals surface area contributed by atoms with Crippen LogP contribution in [0.1, 0.15) is 26.5 Å². The molecule has 1 heterocycles. The number of hydrogen-bond donors (Lipinski definition) is 0. The van der Waals surface area contributed by atoms with Crippen molar-refractivity contribution in [3.8, 4) is 11.5 Å². The Morgan fingerprint density at radius 2 is 1.83 bits per heavy atom. The summed E-state index contributed by atoms with van der Waals surface area (Å²) in [5.74, 6) is 0.302. The number of esters is 1. The first kappa shape index (κ1) is 22.1. The molecule has 0 amide bonds. The van der Waals surface area contributed by atoms with E-state index in [2.05, 4.69) is 15.9 Å². The van der Waals surface area contributed by atoms with Gasteiger partial charge in [-0.05, 0) is 74.0 Å². The van der Waals surface area contributed by atoms with E-state index in [1.807, 2.05) is 0 Å². The number of nitrogens with zero attached hydrogens (tertiary/aromatic N) is 2. The number of halogens is 2. The number of non-ortho nitro benzene ring substituents is 1. The maximum absolute atomic E-state index is 12.5. The van der Waals surface area contributed by atoms with E-state index in [-0.39, 0.29) is 12.2 Å². The molecule has 0 unspecified atom stereocenters. The lowest BCUT2D eigenvalue weighted by Gasteiger charge is -2.20. The summed E-state index contributed by atoms with van der Waals surface area (Å²) in [6.45, 7) is 6.96. The number of fused-ring (bicyclic) bond motifs is 1. The highest BCUT2D eigenvalue weighted by Gasteiger charge is 2.28. The van der Waals surface area contributed by atoms with Crippen molar-refractivity contribution in [1.29, 1.82) is 0 Å². The van der Waals surface area contributed by atoms with Crippen molar-refractivity contribution < 1.29 is 19.2 Å². The fourth-order valence-electron chi connectivity index (χ4n) is 3.11. The first-order valence-electron chi connectivity index (χ1n) is 9.09. The molecule has 0 bridgehead atoms. The van der Waals surface area contributed by atoms with E-state index in [1.165, 1.54) is 6.07 Å². The van der Waals surface area contributed by atoms with Crippen LogP contribution < -0.4 is 4.74 Å². The summed E-state index contributed by atoms with van der Waals surface area (Å²) in [4.78, 5) is 23.8. The minimum absolute atomic E-state index is 0.122. The predicted octanol–water partition coefficient (Wildman–Crippen LogP) is 6.41. The van der Waals surface area contributed by atoms with Gasteiger partial charge in [0.05, 0.1) is 16.1 Å². The van der Waals surface area contributed by atoms with Gasteiger partial charge in [-0.3, -0.25) is 14.9 Å². The van der Waals surface area contributed by atoms with E-state index in [4.69, 9.17) is 21.1 Å². The van der Waals surface area contributed by atoms with E-state index in [1.54, 1.807) is 62.6 Å². The third-order valence-electron chi connectivity index (χ3n) is 4.27. The third kappa shape index (κ3) is 4.60. The van der Waals surface area contributed by atoms with E-state index < -0.39 is 16.5 Å². The number of ether oxygens (including phenoxy) is 2. The van der Waals surface area contributed by atoms with Gasteiger partial charge < -0.3 is 14.0 Å². The minimum atomic E-state index is -0.653. The van der Waals surface area contributed by atoms with Crippen LogP contribution in [0.3, 0.4) is 0 Å². The van der Waals surface area contributed by atoms with Crippen molar-refractivity contribution >= 4 is 50.1 Å². The average Bonchev–Trinajstić information content (AvgIpc) is 2.89. The smallest absolute Gasteiger partial charge is 0.326 e. The quantitative estimate of drug-likeness (QED) is 0.232. The molecule has 0 aliphatic carbocycles. The number of nitro benzene ring substituents is 1. The molecule has 9 heteroatoms. The zero-order valence-electron chi connectivity index (χ0n) is 16.9. The molecule has 7 nitrogen and oxygen atoms in total. The fourth-order valence-corrected chi connectivity index (χ4v) is 3.78. The Labute approximate surface area is 186 Å². The lowest BCUT2D eigenvalue weighted by molar-refractivity contribution is -0.383. The van der Waals surface area contributed by atoms with Crippen LogP contribution in [0.25, 0.3) is 10.9 Å². The molecule has 0 saturated heterocycles. The summed E-state index contributed by atoms with van der Waals surface area (Å²) in [7, 11) is 0. The Kier molecular flexibility index (Phi) is 6.10. The van der Waals surface area contributed by atoms with Crippen molar-refractivity contribution in [1.82, 2.24) is 4.57 Å². The summed E-state index contributed by atoms with van der Waals surface area (Å²) in [6.07, 6.45) is 0. The molecule has 0 radical (unpaired) electrons. The molecule has 3 aromatic rings. The molecule has 0 saturated carbocycles. The van der Waals surface area contributed by atoms with Gasteiger partial charge >= 0.3 is 5.97 Å². The molecule has 3 rings (SSSR count). The molecule has 1 aromatic heterocycles. The normalized spacial score (nSPS) is 11.5. The molecule has 0 spiro atoms. The van der Waals surface area contributed by atoms with Crippen LogP contribution >= 0.6 is 27.5 Å². The molecule has 0 aliphatic heterocycles. The van der Waals surface area contributed by atoms with Crippen LogP contribution in [0.4, 0.5) is 5.69 Å². The summed E-state index contributed by atoms with van der Waals surface area (Å²) in [5.41, 5.74) is 0.264. The first-order chi connectivity index (χ1) is 14.0. The molecule has 30 heavy (non-hydrogen) atoms. The highest BCUT2D eigenvalue weighted by atomic mass is 79.9. The Morgan fingerprint density at radius 1 is 1.20 bits per heavy atom. The Bertz CT molecular complexity index is 1130. The van der Waals surface area contributed by atoms with Crippen LogP contribution in [0.5, 0.6) is 11.5 Å². The van der Waals surface area contributed by atoms with Gasteiger partial charge in [-0.25, -0.2) is 0 Å². The van der Waals surface area contributed by atoms with Crippen molar-refractivity contribution in [2.45, 2.75) is 39.8 Å². The van der Waals surface area contributed by atoms with Crippen LogP contribution in [-0.2, 0) is 16.1 Å². The second-order valence-corrected chi connectivity index (χ2v) is 8.98.